The van der Waals surface area contributed by atoms with Crippen molar-refractivity contribution < 1.29 is 19.0 Å². The van der Waals surface area contributed by atoms with E-state index in [2.05, 4.69) is 10.5 Å². The number of pyridine rings is 1. The van der Waals surface area contributed by atoms with Crippen molar-refractivity contribution in [3.05, 3.63) is 71.4 Å². The molecule has 34 heavy (non-hydrogen) atoms. The standard InChI is InChI=1S/C24H22N6O4/c1-32-22-7-6-14(11-27-22)12-29-17-5-3-2-4-15(17)24(23(29)31)10-21(25)30(28-26)18-9-20-19(8-16(18)24)33-13-34-20/h2-9,11,25,28H,10,12-13,26H2,1H3. The van der Waals surface area contributed by atoms with E-state index in [4.69, 9.17) is 25.5 Å². The molecule has 2 aromatic carbocycles. The van der Waals surface area contributed by atoms with Crippen molar-refractivity contribution in [3.8, 4) is 17.4 Å². The van der Waals surface area contributed by atoms with Crippen LogP contribution in [0, 0.1) is 5.41 Å². The molecule has 0 aliphatic carbocycles. The van der Waals surface area contributed by atoms with E-state index >= 15 is 0 Å². The Morgan fingerprint density at radius 2 is 1.94 bits per heavy atom. The van der Waals surface area contributed by atoms with Gasteiger partial charge in [0.15, 0.2) is 11.5 Å². The molecule has 4 heterocycles. The summed E-state index contributed by atoms with van der Waals surface area (Å²) in [6.07, 6.45) is 1.84. The van der Waals surface area contributed by atoms with Crippen LogP contribution in [0.25, 0.3) is 0 Å². The molecule has 1 amide bonds. The van der Waals surface area contributed by atoms with E-state index in [0.717, 1.165) is 16.8 Å². The molecule has 3 aliphatic heterocycles. The van der Waals surface area contributed by atoms with Gasteiger partial charge in [0, 0.05) is 36.0 Å². The van der Waals surface area contributed by atoms with Gasteiger partial charge in [0.05, 0.1) is 19.3 Å². The summed E-state index contributed by atoms with van der Waals surface area (Å²) in [6.45, 7) is 0.431. The van der Waals surface area contributed by atoms with Crippen LogP contribution in [0.1, 0.15) is 23.1 Å². The SMILES string of the molecule is COc1ccc(CN2C(=O)C3(CC(=N)N(NN)c4cc5c(cc43)OCO5)c3ccccc32)cn1. The number of para-hydroxylation sites is 1. The molecule has 1 unspecified atom stereocenters. The van der Waals surface area contributed by atoms with E-state index in [-0.39, 0.29) is 25.0 Å². The van der Waals surface area contributed by atoms with Gasteiger partial charge in [-0.05, 0) is 23.3 Å². The Hall–Kier alpha value is -4.15. The molecule has 0 radical (unpaired) electrons. The Kier molecular flexibility index (Phi) is 4.48. The number of nitrogens with zero attached hydrogens (tertiary/aromatic N) is 3. The fourth-order valence-corrected chi connectivity index (χ4v) is 5.10. The highest BCUT2D eigenvalue weighted by atomic mass is 16.7. The first-order chi connectivity index (χ1) is 16.6. The maximum absolute atomic E-state index is 14.3. The van der Waals surface area contributed by atoms with Gasteiger partial charge in [0.25, 0.3) is 0 Å². The fourth-order valence-electron chi connectivity index (χ4n) is 5.10. The van der Waals surface area contributed by atoms with Crippen LogP contribution < -0.4 is 35.5 Å². The molecule has 0 saturated carbocycles. The molecule has 4 N–H and O–H groups in total. The van der Waals surface area contributed by atoms with Crippen LogP contribution in [0.5, 0.6) is 17.4 Å². The zero-order valence-corrected chi connectivity index (χ0v) is 18.4. The quantitative estimate of drug-likeness (QED) is 0.401. The van der Waals surface area contributed by atoms with Gasteiger partial charge in [-0.15, -0.1) is 0 Å². The lowest BCUT2D eigenvalue weighted by molar-refractivity contribution is -0.121. The Morgan fingerprint density at radius 1 is 1.15 bits per heavy atom. The van der Waals surface area contributed by atoms with Crippen molar-refractivity contribution >= 4 is 23.1 Å². The van der Waals surface area contributed by atoms with E-state index in [9.17, 15) is 4.79 Å². The summed E-state index contributed by atoms with van der Waals surface area (Å²) in [6, 6.07) is 15.0. The topological polar surface area (TPSA) is 126 Å². The number of hydrogen-bond acceptors (Lipinski definition) is 8. The van der Waals surface area contributed by atoms with Crippen LogP contribution in [0.4, 0.5) is 11.4 Å². The molecule has 0 fully saturated rings. The number of nitrogens with one attached hydrogen (secondary N) is 2. The van der Waals surface area contributed by atoms with E-state index < -0.39 is 5.41 Å². The average molecular weight is 458 g/mol. The number of ether oxygens (including phenoxy) is 3. The lowest BCUT2D eigenvalue weighted by Gasteiger charge is -2.40. The molecule has 10 nitrogen and oxygen atoms in total. The second-order valence-electron chi connectivity index (χ2n) is 8.33. The van der Waals surface area contributed by atoms with Crippen LogP contribution >= 0.6 is 0 Å². The summed E-state index contributed by atoms with van der Waals surface area (Å²) in [7, 11) is 1.56. The molecule has 0 saturated heterocycles. The molecular weight excluding hydrogens is 436 g/mol. The number of hydrazine groups is 2. The normalized spacial score (nSPS) is 20.1. The minimum atomic E-state index is -1.10. The third kappa shape index (κ3) is 2.72. The lowest BCUT2D eigenvalue weighted by Crippen LogP contribution is -2.55. The van der Waals surface area contributed by atoms with Gasteiger partial charge < -0.3 is 19.1 Å². The lowest BCUT2D eigenvalue weighted by atomic mass is 9.69. The number of carbonyl (C=O) groups excluding carboxylic acids is 1. The predicted octanol–water partition coefficient (Wildman–Crippen LogP) is 2.22. The molecule has 6 rings (SSSR count). The first-order valence-corrected chi connectivity index (χ1v) is 10.7. The van der Waals surface area contributed by atoms with Crippen LogP contribution in [-0.2, 0) is 16.8 Å². The molecule has 0 bridgehead atoms. The van der Waals surface area contributed by atoms with Gasteiger partial charge >= 0.3 is 0 Å². The summed E-state index contributed by atoms with van der Waals surface area (Å²) >= 11 is 0. The number of anilines is 2. The van der Waals surface area contributed by atoms with Crippen molar-refractivity contribution in [2.24, 2.45) is 5.84 Å². The third-order valence-electron chi connectivity index (χ3n) is 6.64. The highest BCUT2D eigenvalue weighted by Crippen LogP contribution is 2.55. The summed E-state index contributed by atoms with van der Waals surface area (Å²) in [5.74, 6) is 7.44. The Bertz CT molecular complexity index is 1330. The zero-order chi connectivity index (χ0) is 23.4. The second-order valence-corrected chi connectivity index (χ2v) is 8.33. The van der Waals surface area contributed by atoms with Gasteiger partial charge in [-0.2, -0.15) is 5.53 Å². The molecule has 3 aromatic rings. The van der Waals surface area contributed by atoms with E-state index in [1.54, 1.807) is 30.3 Å². The summed E-state index contributed by atoms with van der Waals surface area (Å²) < 4.78 is 16.4. The van der Waals surface area contributed by atoms with Crippen LogP contribution in [0.2, 0.25) is 0 Å². The predicted molar refractivity (Wildman–Crippen MR) is 124 cm³/mol. The minimum absolute atomic E-state index is 0.0971. The maximum atomic E-state index is 14.3. The molecule has 172 valence electrons. The van der Waals surface area contributed by atoms with Gasteiger partial charge in [-0.1, -0.05) is 24.3 Å². The van der Waals surface area contributed by atoms with E-state index in [0.29, 0.717) is 35.2 Å². The number of carbonyl (C=O) groups is 1. The van der Waals surface area contributed by atoms with Crippen LogP contribution in [0.15, 0.2) is 54.7 Å². The summed E-state index contributed by atoms with van der Waals surface area (Å²) in [4.78, 5) is 20.3. The Balaban J connectivity index is 1.52. The highest BCUT2D eigenvalue weighted by molar-refractivity contribution is 6.16. The first kappa shape index (κ1) is 20.5. The van der Waals surface area contributed by atoms with Crippen molar-refractivity contribution in [2.75, 3.05) is 23.8 Å². The average Bonchev–Trinajstić information content (AvgIpc) is 3.41. The number of hydrogen-bond donors (Lipinski definition) is 3. The molecule has 1 spiro atoms. The summed E-state index contributed by atoms with van der Waals surface area (Å²) in [5, 5.41) is 10.2. The number of fused-ring (bicyclic) bond motifs is 5. The molecular formula is C24H22N6O4. The van der Waals surface area contributed by atoms with Crippen molar-refractivity contribution in [1.82, 2.24) is 10.5 Å². The number of methoxy groups -OCH3 is 1. The van der Waals surface area contributed by atoms with Crippen molar-refractivity contribution in [1.29, 1.82) is 5.41 Å². The molecule has 3 aliphatic rings. The maximum Gasteiger partial charge on any atom is 0.243 e. The van der Waals surface area contributed by atoms with Gasteiger partial charge in [-0.3, -0.25) is 16.0 Å². The van der Waals surface area contributed by atoms with Crippen molar-refractivity contribution in [3.63, 3.8) is 0 Å². The first-order valence-electron chi connectivity index (χ1n) is 10.7. The third-order valence-corrected chi connectivity index (χ3v) is 6.64. The Morgan fingerprint density at radius 3 is 2.68 bits per heavy atom. The minimum Gasteiger partial charge on any atom is -0.481 e. The van der Waals surface area contributed by atoms with Gasteiger partial charge in [-0.25, -0.2) is 9.99 Å². The number of amides is 1. The van der Waals surface area contributed by atoms with E-state index in [1.165, 1.54) is 5.01 Å². The monoisotopic (exact) mass is 458 g/mol. The van der Waals surface area contributed by atoms with Gasteiger partial charge in [0.2, 0.25) is 18.6 Å². The number of amidine groups is 1. The largest absolute Gasteiger partial charge is 0.481 e. The number of aromatic nitrogens is 1. The number of benzene rings is 2. The molecule has 10 heteroatoms. The van der Waals surface area contributed by atoms with Gasteiger partial charge in [0.1, 0.15) is 11.3 Å². The van der Waals surface area contributed by atoms with Crippen molar-refractivity contribution in [2.45, 2.75) is 18.4 Å². The highest BCUT2D eigenvalue weighted by Gasteiger charge is 2.56. The fraction of sp³-hybridized carbons (Fsp3) is 0.208. The summed E-state index contributed by atoms with van der Waals surface area (Å²) in [5.41, 5.74) is 5.26. The number of nitrogens with two attached hydrogens (primary N) is 1. The number of rotatable bonds is 4. The van der Waals surface area contributed by atoms with E-state index in [1.807, 2.05) is 36.4 Å². The van der Waals surface area contributed by atoms with Crippen LogP contribution in [0.3, 0.4) is 0 Å². The van der Waals surface area contributed by atoms with Crippen LogP contribution in [-0.4, -0.2) is 30.6 Å². The Labute approximate surface area is 195 Å². The molecule has 1 atom stereocenters. The molecule has 1 aromatic heterocycles. The smallest absolute Gasteiger partial charge is 0.243 e. The zero-order valence-electron chi connectivity index (χ0n) is 18.4. The second kappa shape index (κ2) is 7.44.